The van der Waals surface area contributed by atoms with Gasteiger partial charge in [-0.15, -0.1) is 0 Å². The number of ether oxygens (including phenoxy) is 1. The summed E-state index contributed by atoms with van der Waals surface area (Å²) in [5.41, 5.74) is 1.19. The molecule has 0 radical (unpaired) electrons. The van der Waals surface area contributed by atoms with E-state index < -0.39 is 10.0 Å². The first-order valence-corrected chi connectivity index (χ1v) is 13.7. The standard InChI is InChI=1S/C24H38N4O5S/c1-5-28(6-2)34(31,32)20-9-10-22(25-11-7-8-12-25)21(17-20)23(29)26-13-15-27(16-14-26)24(30)33-18-19(3)4/h9-10,17,19H,5-8,11-16,18H2,1-4H3. The number of anilines is 1. The van der Waals surface area contributed by atoms with Gasteiger partial charge in [-0.2, -0.15) is 4.31 Å². The van der Waals surface area contributed by atoms with E-state index in [0.717, 1.165) is 31.6 Å². The number of carbonyl (C=O) groups excluding carboxylic acids is 2. The molecule has 0 aromatic heterocycles. The molecule has 1 aromatic rings. The third-order valence-corrected chi connectivity index (χ3v) is 8.40. The lowest BCUT2D eigenvalue weighted by molar-refractivity contribution is 0.0535. The van der Waals surface area contributed by atoms with Crippen molar-refractivity contribution in [3.05, 3.63) is 23.8 Å². The first-order chi connectivity index (χ1) is 16.2. The van der Waals surface area contributed by atoms with Crippen molar-refractivity contribution in [2.45, 2.75) is 45.4 Å². The fourth-order valence-electron chi connectivity index (χ4n) is 4.38. The Hall–Kier alpha value is -2.33. The van der Waals surface area contributed by atoms with Crippen LogP contribution in [0.2, 0.25) is 0 Å². The van der Waals surface area contributed by atoms with Crippen LogP contribution < -0.4 is 4.90 Å². The summed E-state index contributed by atoms with van der Waals surface area (Å²) in [6.07, 6.45) is 1.74. The second kappa shape index (κ2) is 11.4. The first-order valence-electron chi connectivity index (χ1n) is 12.3. The molecule has 2 amide bonds. The molecule has 190 valence electrons. The molecule has 0 unspecified atom stereocenters. The molecule has 10 heteroatoms. The van der Waals surface area contributed by atoms with E-state index in [9.17, 15) is 18.0 Å². The van der Waals surface area contributed by atoms with E-state index in [1.807, 2.05) is 13.8 Å². The number of nitrogens with zero attached hydrogens (tertiary/aromatic N) is 4. The SMILES string of the molecule is CCN(CC)S(=O)(=O)c1ccc(N2CCCC2)c(C(=O)N2CCN(C(=O)OCC(C)C)CC2)c1. The van der Waals surface area contributed by atoms with Crippen LogP contribution in [0.4, 0.5) is 10.5 Å². The van der Waals surface area contributed by atoms with Crippen molar-refractivity contribution in [3.8, 4) is 0 Å². The summed E-state index contributed by atoms with van der Waals surface area (Å²) in [5, 5.41) is 0. The predicted molar refractivity (Wildman–Crippen MR) is 132 cm³/mol. The summed E-state index contributed by atoms with van der Waals surface area (Å²) in [5.74, 6) is 0.0596. The van der Waals surface area contributed by atoms with Gasteiger partial charge < -0.3 is 19.4 Å². The molecule has 2 saturated heterocycles. The Balaban J connectivity index is 1.82. The second-order valence-corrected chi connectivity index (χ2v) is 11.2. The van der Waals surface area contributed by atoms with E-state index in [4.69, 9.17) is 4.74 Å². The van der Waals surface area contributed by atoms with Gasteiger partial charge in [0.05, 0.1) is 17.1 Å². The minimum atomic E-state index is -3.69. The van der Waals surface area contributed by atoms with Crippen LogP contribution >= 0.6 is 0 Å². The molecule has 0 atom stereocenters. The van der Waals surface area contributed by atoms with Gasteiger partial charge in [0, 0.05) is 58.0 Å². The van der Waals surface area contributed by atoms with E-state index >= 15 is 0 Å². The van der Waals surface area contributed by atoms with Crippen molar-refractivity contribution < 1.29 is 22.7 Å². The van der Waals surface area contributed by atoms with Crippen LogP contribution in [0.25, 0.3) is 0 Å². The van der Waals surface area contributed by atoms with Gasteiger partial charge in [-0.05, 0) is 37.0 Å². The molecule has 0 spiro atoms. The molecule has 9 nitrogen and oxygen atoms in total. The van der Waals surface area contributed by atoms with E-state index in [-0.39, 0.29) is 22.8 Å². The van der Waals surface area contributed by atoms with Crippen molar-refractivity contribution in [2.75, 3.05) is 63.9 Å². The van der Waals surface area contributed by atoms with Crippen molar-refractivity contribution in [2.24, 2.45) is 5.92 Å². The van der Waals surface area contributed by atoms with Gasteiger partial charge in [0.2, 0.25) is 10.0 Å². The molecular formula is C24H38N4O5S. The molecular weight excluding hydrogens is 456 g/mol. The maximum absolute atomic E-state index is 13.6. The number of carbonyl (C=O) groups is 2. The first kappa shape index (κ1) is 26.3. The number of hydrogen-bond acceptors (Lipinski definition) is 6. The lowest BCUT2D eigenvalue weighted by atomic mass is 10.1. The Morgan fingerprint density at radius 2 is 1.56 bits per heavy atom. The minimum Gasteiger partial charge on any atom is -0.449 e. The zero-order valence-electron chi connectivity index (χ0n) is 20.8. The summed E-state index contributed by atoms with van der Waals surface area (Å²) in [7, 11) is -3.69. The van der Waals surface area contributed by atoms with Crippen molar-refractivity contribution in [3.63, 3.8) is 0 Å². The molecule has 0 saturated carbocycles. The van der Waals surface area contributed by atoms with Gasteiger partial charge in [0.25, 0.3) is 5.91 Å². The molecule has 2 heterocycles. The van der Waals surface area contributed by atoms with Gasteiger partial charge in [0.15, 0.2) is 0 Å². The van der Waals surface area contributed by atoms with E-state index in [2.05, 4.69) is 4.90 Å². The molecule has 0 N–H and O–H groups in total. The normalized spacial score (nSPS) is 17.1. The lowest BCUT2D eigenvalue weighted by Crippen LogP contribution is -2.51. The quantitative estimate of drug-likeness (QED) is 0.552. The number of sulfonamides is 1. The number of benzene rings is 1. The number of hydrogen-bond donors (Lipinski definition) is 0. The highest BCUT2D eigenvalue weighted by molar-refractivity contribution is 7.89. The Morgan fingerprint density at radius 1 is 0.971 bits per heavy atom. The molecule has 0 aliphatic carbocycles. The maximum atomic E-state index is 13.6. The minimum absolute atomic E-state index is 0.137. The van der Waals surface area contributed by atoms with Crippen LogP contribution in [0, 0.1) is 5.92 Å². The highest BCUT2D eigenvalue weighted by Gasteiger charge is 2.31. The van der Waals surface area contributed by atoms with Crippen molar-refractivity contribution >= 4 is 27.7 Å². The van der Waals surface area contributed by atoms with Crippen LogP contribution in [0.5, 0.6) is 0 Å². The van der Waals surface area contributed by atoms with Crippen LogP contribution in [-0.2, 0) is 14.8 Å². The number of rotatable bonds is 8. The molecule has 2 aliphatic heterocycles. The third-order valence-electron chi connectivity index (χ3n) is 6.35. The third kappa shape index (κ3) is 5.83. The Labute approximate surface area is 203 Å². The Kier molecular flexibility index (Phi) is 8.81. The fourth-order valence-corrected chi connectivity index (χ4v) is 5.87. The average Bonchev–Trinajstić information content (AvgIpc) is 3.37. The molecule has 3 rings (SSSR count). The smallest absolute Gasteiger partial charge is 0.409 e. The number of amides is 2. The molecule has 34 heavy (non-hydrogen) atoms. The Morgan fingerprint density at radius 3 is 2.12 bits per heavy atom. The molecule has 1 aromatic carbocycles. The summed E-state index contributed by atoms with van der Waals surface area (Å²) < 4.78 is 33.0. The van der Waals surface area contributed by atoms with Crippen LogP contribution in [0.1, 0.15) is 50.9 Å². The highest BCUT2D eigenvalue weighted by atomic mass is 32.2. The van der Waals surface area contributed by atoms with Gasteiger partial charge in [-0.25, -0.2) is 13.2 Å². The van der Waals surface area contributed by atoms with Crippen LogP contribution in [0.15, 0.2) is 23.1 Å². The molecule has 0 bridgehead atoms. The van der Waals surface area contributed by atoms with Gasteiger partial charge in [-0.3, -0.25) is 4.79 Å². The van der Waals surface area contributed by atoms with Gasteiger partial charge in [0.1, 0.15) is 0 Å². The molecule has 2 fully saturated rings. The Bertz CT molecular complexity index is 964. The maximum Gasteiger partial charge on any atom is 0.409 e. The van der Waals surface area contributed by atoms with E-state index in [1.165, 1.54) is 10.4 Å². The number of piperazine rings is 1. The lowest BCUT2D eigenvalue weighted by Gasteiger charge is -2.35. The van der Waals surface area contributed by atoms with Gasteiger partial charge >= 0.3 is 6.09 Å². The summed E-state index contributed by atoms with van der Waals surface area (Å²) in [6, 6.07) is 4.92. The van der Waals surface area contributed by atoms with E-state index in [0.29, 0.717) is 51.4 Å². The summed E-state index contributed by atoms with van der Waals surface area (Å²) >= 11 is 0. The average molecular weight is 495 g/mol. The highest BCUT2D eigenvalue weighted by Crippen LogP contribution is 2.30. The zero-order valence-corrected chi connectivity index (χ0v) is 21.6. The van der Waals surface area contributed by atoms with Crippen LogP contribution in [0.3, 0.4) is 0 Å². The predicted octanol–water partition coefficient (Wildman–Crippen LogP) is 2.87. The van der Waals surface area contributed by atoms with Crippen LogP contribution in [-0.4, -0.2) is 93.5 Å². The summed E-state index contributed by atoms with van der Waals surface area (Å²) in [6.45, 7) is 11.9. The largest absolute Gasteiger partial charge is 0.449 e. The summed E-state index contributed by atoms with van der Waals surface area (Å²) in [4.78, 5) is 31.5. The fraction of sp³-hybridized carbons (Fsp3) is 0.667. The van der Waals surface area contributed by atoms with Crippen molar-refractivity contribution in [1.29, 1.82) is 0 Å². The zero-order chi connectivity index (χ0) is 24.9. The molecule has 2 aliphatic rings. The van der Waals surface area contributed by atoms with Gasteiger partial charge in [-0.1, -0.05) is 27.7 Å². The second-order valence-electron chi connectivity index (χ2n) is 9.21. The van der Waals surface area contributed by atoms with E-state index in [1.54, 1.807) is 35.8 Å². The van der Waals surface area contributed by atoms with Crippen molar-refractivity contribution in [1.82, 2.24) is 14.1 Å². The topological polar surface area (TPSA) is 90.5 Å². The monoisotopic (exact) mass is 494 g/mol.